The van der Waals surface area contributed by atoms with Gasteiger partial charge in [0.2, 0.25) is 0 Å². The van der Waals surface area contributed by atoms with E-state index in [0.717, 1.165) is 6.20 Å². The van der Waals surface area contributed by atoms with Gasteiger partial charge in [-0.25, -0.2) is 0 Å². The Morgan fingerprint density at radius 1 is 0.808 bits per heavy atom. The molecule has 26 heavy (non-hydrogen) atoms. The van der Waals surface area contributed by atoms with E-state index >= 15 is 0 Å². The second-order valence-electron chi connectivity index (χ2n) is 7.20. The van der Waals surface area contributed by atoms with Crippen molar-refractivity contribution in [2.45, 2.75) is 85.4 Å². The first-order chi connectivity index (χ1) is 12.3. The van der Waals surface area contributed by atoms with Gasteiger partial charge >= 0.3 is 6.30 Å². The maximum atomic E-state index is 11.6. The third-order valence-corrected chi connectivity index (χ3v) is 9.89. The molecule has 0 radical (unpaired) electrons. The minimum absolute atomic E-state index is 0.0625. The van der Waals surface area contributed by atoms with Crippen molar-refractivity contribution in [3.05, 3.63) is 17.7 Å². The fourth-order valence-electron chi connectivity index (χ4n) is 3.14. The van der Waals surface area contributed by atoms with Crippen molar-refractivity contribution in [2.75, 3.05) is 31.2 Å². The molecule has 0 unspecified atom stereocenters. The highest BCUT2D eigenvalue weighted by Crippen LogP contribution is 2.61. The highest BCUT2D eigenvalue weighted by atomic mass is 31.2. The maximum Gasteiger partial charge on any atom is 0.446 e. The van der Waals surface area contributed by atoms with Crippen LogP contribution in [0, 0.1) is 0 Å². The Labute approximate surface area is 160 Å². The van der Waals surface area contributed by atoms with Gasteiger partial charge in [0.1, 0.15) is 0 Å². The molecular weight excluding hydrogens is 356 g/mol. The quantitative estimate of drug-likeness (QED) is 0.243. The molecular formula is C20H40F3N2P. The lowest BCUT2D eigenvalue weighted by atomic mass is 10.4. The third-order valence-electron chi connectivity index (χ3n) is 4.83. The van der Waals surface area contributed by atoms with Crippen LogP contribution in [0.15, 0.2) is 12.3 Å². The first kappa shape index (κ1) is 25.7. The first-order valence-corrected chi connectivity index (χ1v) is 12.9. The highest BCUT2D eigenvalue weighted by Gasteiger charge is 2.34. The third kappa shape index (κ3) is 11.4. The Bertz CT molecular complexity index is 314. The maximum absolute atomic E-state index is 11.6. The summed E-state index contributed by atoms with van der Waals surface area (Å²) in [6.45, 7) is 9.26. The van der Waals surface area contributed by atoms with E-state index < -0.39 is 13.6 Å². The SMILES string of the molecule is CCCC[P+](CCCC)(CCCC)CCCC.FC(F)(F)N1CC=C[N-]1. The van der Waals surface area contributed by atoms with E-state index in [1.54, 1.807) is 24.6 Å². The number of alkyl halides is 3. The van der Waals surface area contributed by atoms with Gasteiger partial charge in [0.25, 0.3) is 0 Å². The summed E-state index contributed by atoms with van der Waals surface area (Å²) >= 11 is 0. The minimum Gasteiger partial charge on any atom is -0.619 e. The average Bonchev–Trinajstić information content (AvgIpc) is 3.16. The van der Waals surface area contributed by atoms with Crippen LogP contribution in [0.3, 0.4) is 0 Å². The molecule has 0 aromatic rings. The van der Waals surface area contributed by atoms with E-state index in [1.807, 2.05) is 0 Å². The Balaban J connectivity index is 0.000000577. The monoisotopic (exact) mass is 396 g/mol. The van der Waals surface area contributed by atoms with Gasteiger partial charge in [-0.1, -0.05) is 59.5 Å². The van der Waals surface area contributed by atoms with E-state index in [0.29, 0.717) is 0 Å². The van der Waals surface area contributed by atoms with Crippen LogP contribution in [0.5, 0.6) is 0 Å². The number of hydrogen-bond donors (Lipinski definition) is 0. The van der Waals surface area contributed by atoms with E-state index in [4.69, 9.17) is 0 Å². The van der Waals surface area contributed by atoms with Gasteiger partial charge in [0, 0.05) is 13.8 Å². The standard InChI is InChI=1S/C16H36P.C4H4F3N2/c1-5-9-13-17(14-10-6-2,15-11-7-3)16-12-8-4;5-4(6,7)9-3-1-2-8-9/h5-16H2,1-4H3;1-2H,3H2/q+1;-1. The lowest BCUT2D eigenvalue weighted by Crippen LogP contribution is -2.31. The van der Waals surface area contributed by atoms with Crippen LogP contribution < -0.4 is 0 Å². The normalized spacial score (nSPS) is 14.9. The van der Waals surface area contributed by atoms with Crippen molar-refractivity contribution in [3.8, 4) is 0 Å². The van der Waals surface area contributed by atoms with Crippen molar-refractivity contribution < 1.29 is 13.2 Å². The van der Waals surface area contributed by atoms with E-state index in [1.165, 1.54) is 57.4 Å². The molecule has 0 saturated carbocycles. The van der Waals surface area contributed by atoms with Gasteiger partial charge < -0.3 is 5.43 Å². The Kier molecular flexibility index (Phi) is 14.6. The average molecular weight is 397 g/mol. The number of rotatable bonds is 12. The van der Waals surface area contributed by atoms with Crippen LogP contribution in [-0.4, -0.2) is 42.5 Å². The summed E-state index contributed by atoms with van der Waals surface area (Å²) in [5, 5.41) is 0.0625. The summed E-state index contributed by atoms with van der Waals surface area (Å²) in [5.74, 6) is 0. The van der Waals surface area contributed by atoms with Crippen molar-refractivity contribution in [1.29, 1.82) is 0 Å². The molecule has 2 nitrogen and oxygen atoms in total. The van der Waals surface area contributed by atoms with Crippen LogP contribution in [0.4, 0.5) is 13.2 Å². The second kappa shape index (κ2) is 14.7. The Hall–Kier alpha value is -0.280. The van der Waals surface area contributed by atoms with E-state index in [2.05, 4.69) is 33.1 Å². The fourth-order valence-corrected chi connectivity index (χ4v) is 8.43. The topological polar surface area (TPSA) is 17.3 Å². The van der Waals surface area contributed by atoms with Crippen LogP contribution in [0.1, 0.15) is 79.1 Å². The molecule has 6 heteroatoms. The van der Waals surface area contributed by atoms with Gasteiger partial charge in [-0.05, 0) is 25.7 Å². The summed E-state index contributed by atoms with van der Waals surface area (Å²) in [6.07, 6.45) is 16.1. The predicted molar refractivity (Wildman–Crippen MR) is 111 cm³/mol. The van der Waals surface area contributed by atoms with Crippen LogP contribution in [0.2, 0.25) is 0 Å². The lowest BCUT2D eigenvalue weighted by molar-refractivity contribution is -0.225. The molecule has 0 N–H and O–H groups in total. The Morgan fingerprint density at radius 3 is 1.38 bits per heavy atom. The zero-order valence-electron chi connectivity index (χ0n) is 17.3. The van der Waals surface area contributed by atoms with Gasteiger partial charge in [-0.3, -0.25) is 5.01 Å². The van der Waals surface area contributed by atoms with Gasteiger partial charge in [-0.2, -0.15) is 19.4 Å². The molecule has 1 aliphatic heterocycles. The molecule has 0 spiro atoms. The number of nitrogens with zero attached hydrogens (tertiary/aromatic N) is 2. The van der Waals surface area contributed by atoms with Crippen LogP contribution >= 0.6 is 7.26 Å². The molecule has 0 amide bonds. The molecule has 0 atom stereocenters. The zero-order chi connectivity index (χ0) is 19.9. The molecule has 0 bridgehead atoms. The largest absolute Gasteiger partial charge is 0.619 e. The highest BCUT2D eigenvalue weighted by molar-refractivity contribution is 7.75. The number of hydrogen-bond acceptors (Lipinski definition) is 1. The minimum atomic E-state index is -4.32. The fraction of sp³-hybridized carbons (Fsp3) is 0.900. The molecule has 0 aromatic carbocycles. The molecule has 1 heterocycles. The number of unbranched alkanes of at least 4 members (excludes halogenated alkanes) is 4. The molecule has 156 valence electrons. The predicted octanol–water partition coefficient (Wildman–Crippen LogP) is 7.83. The van der Waals surface area contributed by atoms with Crippen molar-refractivity contribution >= 4 is 7.26 Å². The molecule has 1 aliphatic rings. The van der Waals surface area contributed by atoms with Crippen LogP contribution in [0.25, 0.3) is 5.43 Å². The molecule has 1 rings (SSSR count). The summed E-state index contributed by atoms with van der Waals surface area (Å²) in [7, 11) is -0.562. The molecule has 0 aromatic heterocycles. The van der Waals surface area contributed by atoms with E-state index in [9.17, 15) is 13.2 Å². The van der Waals surface area contributed by atoms with Crippen molar-refractivity contribution in [3.63, 3.8) is 0 Å². The zero-order valence-corrected chi connectivity index (χ0v) is 18.2. The van der Waals surface area contributed by atoms with E-state index in [-0.39, 0.29) is 11.6 Å². The molecule has 0 aliphatic carbocycles. The summed E-state index contributed by atoms with van der Waals surface area (Å²) in [4.78, 5) is 0. The first-order valence-electron chi connectivity index (χ1n) is 10.4. The smallest absolute Gasteiger partial charge is 0.446 e. The molecule has 0 fully saturated rings. The van der Waals surface area contributed by atoms with Crippen molar-refractivity contribution in [1.82, 2.24) is 5.01 Å². The van der Waals surface area contributed by atoms with Gasteiger partial charge in [-0.15, -0.1) is 0 Å². The Morgan fingerprint density at radius 2 is 1.19 bits per heavy atom. The van der Waals surface area contributed by atoms with Crippen molar-refractivity contribution in [2.24, 2.45) is 0 Å². The lowest BCUT2D eigenvalue weighted by Gasteiger charge is -2.30. The number of halogens is 3. The summed E-state index contributed by atoms with van der Waals surface area (Å²) in [6, 6.07) is 0. The van der Waals surface area contributed by atoms with Gasteiger partial charge in [0.05, 0.1) is 24.6 Å². The summed E-state index contributed by atoms with van der Waals surface area (Å²) < 4.78 is 34.7. The van der Waals surface area contributed by atoms with Gasteiger partial charge in [0.15, 0.2) is 0 Å². The van der Waals surface area contributed by atoms with Crippen LogP contribution in [-0.2, 0) is 0 Å². The summed E-state index contributed by atoms with van der Waals surface area (Å²) in [5.41, 5.74) is 3.03. The second-order valence-corrected chi connectivity index (χ2v) is 11.7. The molecule has 0 saturated heterocycles.